The molecule has 3 nitrogen and oxygen atoms in total. The highest BCUT2D eigenvalue weighted by Gasteiger charge is 2.15. The number of amides is 1. The molecule has 2 rings (SSSR count). The second kappa shape index (κ2) is 7.12. The molecule has 3 heteroatoms. The number of aryl methyl sites for hydroxylation is 2. The minimum atomic E-state index is -0.104. The Hall–Kier alpha value is -2.29. The Balaban J connectivity index is 2.02. The van der Waals surface area contributed by atoms with E-state index in [0.717, 1.165) is 22.6 Å². The zero-order valence-corrected chi connectivity index (χ0v) is 13.6. The van der Waals surface area contributed by atoms with Gasteiger partial charge in [-0.15, -0.1) is 0 Å². The van der Waals surface area contributed by atoms with Crippen LogP contribution in [0.15, 0.2) is 42.5 Å². The molecule has 0 fully saturated rings. The number of anilines is 1. The van der Waals surface area contributed by atoms with Gasteiger partial charge in [-0.1, -0.05) is 36.8 Å². The average Bonchev–Trinajstić information content (AvgIpc) is 2.50. The van der Waals surface area contributed by atoms with Crippen LogP contribution in [0.25, 0.3) is 0 Å². The lowest BCUT2D eigenvalue weighted by Gasteiger charge is -2.14. The van der Waals surface area contributed by atoms with Crippen molar-refractivity contribution in [2.75, 3.05) is 12.4 Å². The van der Waals surface area contributed by atoms with E-state index in [2.05, 4.69) is 11.4 Å². The van der Waals surface area contributed by atoms with Crippen LogP contribution in [0.3, 0.4) is 0 Å². The van der Waals surface area contributed by atoms with E-state index in [1.54, 1.807) is 7.11 Å². The molecule has 0 aliphatic heterocycles. The summed E-state index contributed by atoms with van der Waals surface area (Å²) < 4.78 is 5.22. The van der Waals surface area contributed by atoms with Gasteiger partial charge < -0.3 is 10.1 Å². The predicted molar refractivity (Wildman–Crippen MR) is 90.4 cm³/mol. The molecule has 1 atom stereocenters. The molecule has 0 spiro atoms. The summed E-state index contributed by atoms with van der Waals surface area (Å²) in [5.41, 5.74) is 4.26. The summed E-state index contributed by atoms with van der Waals surface area (Å²) in [5, 5.41) is 3.02. The molecule has 0 bridgehead atoms. The second-order valence-electron chi connectivity index (χ2n) is 5.76. The van der Waals surface area contributed by atoms with E-state index >= 15 is 0 Å². The standard InChI is InChI=1S/C19H23NO2/c1-13-8-9-18(14(2)10-13)20-19(21)15(3)11-16-6-5-7-17(12-16)22-4/h5-10,12,15H,11H2,1-4H3,(H,20,21). The maximum Gasteiger partial charge on any atom is 0.227 e. The Morgan fingerprint density at radius 1 is 1.18 bits per heavy atom. The first kappa shape index (κ1) is 16.1. The number of carbonyl (C=O) groups is 1. The van der Waals surface area contributed by atoms with Crippen molar-refractivity contribution in [2.45, 2.75) is 27.2 Å². The van der Waals surface area contributed by atoms with E-state index in [1.165, 1.54) is 5.56 Å². The maximum absolute atomic E-state index is 12.4. The summed E-state index contributed by atoms with van der Waals surface area (Å²) in [5.74, 6) is 0.752. The van der Waals surface area contributed by atoms with Crippen LogP contribution in [0.5, 0.6) is 5.75 Å². The number of hydrogen-bond acceptors (Lipinski definition) is 2. The van der Waals surface area contributed by atoms with Crippen LogP contribution >= 0.6 is 0 Å². The van der Waals surface area contributed by atoms with Crippen molar-refractivity contribution in [3.05, 3.63) is 59.2 Å². The van der Waals surface area contributed by atoms with Crippen LogP contribution in [0.2, 0.25) is 0 Å². The summed E-state index contributed by atoms with van der Waals surface area (Å²) in [6, 6.07) is 13.9. The molecule has 0 aromatic heterocycles. The molecule has 0 saturated heterocycles. The third kappa shape index (κ3) is 4.10. The Morgan fingerprint density at radius 3 is 2.64 bits per heavy atom. The number of benzene rings is 2. The summed E-state index contributed by atoms with van der Waals surface area (Å²) >= 11 is 0. The Bertz CT molecular complexity index is 664. The fourth-order valence-corrected chi connectivity index (χ4v) is 2.46. The molecule has 0 saturated carbocycles. The quantitative estimate of drug-likeness (QED) is 0.901. The Kier molecular flexibility index (Phi) is 5.21. The van der Waals surface area contributed by atoms with Gasteiger partial charge in [0.15, 0.2) is 0 Å². The molecule has 1 amide bonds. The average molecular weight is 297 g/mol. The number of methoxy groups -OCH3 is 1. The first-order valence-corrected chi connectivity index (χ1v) is 7.50. The smallest absolute Gasteiger partial charge is 0.227 e. The van der Waals surface area contributed by atoms with Gasteiger partial charge in [0.05, 0.1) is 7.11 Å². The van der Waals surface area contributed by atoms with Gasteiger partial charge in [-0.25, -0.2) is 0 Å². The molecular formula is C19H23NO2. The minimum Gasteiger partial charge on any atom is -0.497 e. The molecule has 2 aromatic rings. The van der Waals surface area contributed by atoms with Gasteiger partial charge in [0.25, 0.3) is 0 Å². The van der Waals surface area contributed by atoms with Gasteiger partial charge >= 0.3 is 0 Å². The summed E-state index contributed by atoms with van der Waals surface area (Å²) in [6.45, 7) is 6.00. The van der Waals surface area contributed by atoms with Crippen molar-refractivity contribution in [3.8, 4) is 5.75 Å². The number of nitrogens with one attached hydrogen (secondary N) is 1. The van der Waals surface area contributed by atoms with E-state index in [1.807, 2.05) is 57.2 Å². The molecule has 2 aromatic carbocycles. The van der Waals surface area contributed by atoms with E-state index < -0.39 is 0 Å². The highest BCUT2D eigenvalue weighted by molar-refractivity contribution is 5.93. The highest BCUT2D eigenvalue weighted by Crippen LogP contribution is 2.19. The zero-order valence-electron chi connectivity index (χ0n) is 13.6. The molecule has 1 N–H and O–H groups in total. The molecule has 0 aliphatic rings. The number of hydrogen-bond donors (Lipinski definition) is 1. The molecule has 22 heavy (non-hydrogen) atoms. The van der Waals surface area contributed by atoms with Gasteiger partial charge in [0.2, 0.25) is 5.91 Å². The van der Waals surface area contributed by atoms with Gasteiger partial charge in [-0.05, 0) is 49.6 Å². The van der Waals surface area contributed by atoms with Crippen molar-refractivity contribution in [2.24, 2.45) is 5.92 Å². The molecule has 0 radical (unpaired) electrons. The second-order valence-corrected chi connectivity index (χ2v) is 5.76. The van der Waals surface area contributed by atoms with E-state index in [-0.39, 0.29) is 11.8 Å². The highest BCUT2D eigenvalue weighted by atomic mass is 16.5. The zero-order chi connectivity index (χ0) is 16.1. The van der Waals surface area contributed by atoms with E-state index in [0.29, 0.717) is 6.42 Å². The van der Waals surface area contributed by atoms with Crippen molar-refractivity contribution >= 4 is 11.6 Å². The molecular weight excluding hydrogens is 274 g/mol. The lowest BCUT2D eigenvalue weighted by atomic mass is 10.00. The third-order valence-electron chi connectivity index (χ3n) is 3.76. The largest absolute Gasteiger partial charge is 0.497 e. The minimum absolute atomic E-state index is 0.0368. The van der Waals surface area contributed by atoms with Crippen molar-refractivity contribution < 1.29 is 9.53 Å². The maximum atomic E-state index is 12.4. The normalized spacial score (nSPS) is 11.8. The molecule has 0 heterocycles. The van der Waals surface area contributed by atoms with Crippen molar-refractivity contribution in [1.29, 1.82) is 0 Å². The fourth-order valence-electron chi connectivity index (χ4n) is 2.46. The fraction of sp³-hybridized carbons (Fsp3) is 0.316. The summed E-state index contributed by atoms with van der Waals surface area (Å²) in [7, 11) is 1.65. The van der Waals surface area contributed by atoms with Crippen LogP contribution < -0.4 is 10.1 Å². The lowest BCUT2D eigenvalue weighted by Crippen LogP contribution is -2.22. The molecule has 116 valence electrons. The van der Waals surface area contributed by atoms with Crippen LogP contribution in [0.4, 0.5) is 5.69 Å². The third-order valence-corrected chi connectivity index (χ3v) is 3.76. The number of rotatable bonds is 5. The van der Waals surface area contributed by atoms with Crippen molar-refractivity contribution in [1.82, 2.24) is 0 Å². The van der Waals surface area contributed by atoms with Crippen LogP contribution in [0, 0.1) is 19.8 Å². The lowest BCUT2D eigenvalue weighted by molar-refractivity contribution is -0.119. The summed E-state index contributed by atoms with van der Waals surface area (Å²) in [4.78, 5) is 12.4. The number of carbonyl (C=O) groups excluding carboxylic acids is 1. The first-order valence-electron chi connectivity index (χ1n) is 7.50. The molecule has 1 unspecified atom stereocenters. The topological polar surface area (TPSA) is 38.3 Å². The van der Waals surface area contributed by atoms with E-state index in [9.17, 15) is 4.79 Å². The predicted octanol–water partition coefficient (Wildman–Crippen LogP) is 4.13. The first-order chi connectivity index (χ1) is 10.5. The Morgan fingerprint density at radius 2 is 1.95 bits per heavy atom. The number of ether oxygens (including phenoxy) is 1. The molecule has 0 aliphatic carbocycles. The van der Waals surface area contributed by atoms with Crippen molar-refractivity contribution in [3.63, 3.8) is 0 Å². The van der Waals surface area contributed by atoms with Gasteiger partial charge in [-0.2, -0.15) is 0 Å². The Labute approximate surface area is 132 Å². The van der Waals surface area contributed by atoms with E-state index in [4.69, 9.17) is 4.74 Å². The van der Waals surface area contributed by atoms with Gasteiger partial charge in [0, 0.05) is 11.6 Å². The monoisotopic (exact) mass is 297 g/mol. The van der Waals surface area contributed by atoms with Gasteiger partial charge in [-0.3, -0.25) is 4.79 Å². The van der Waals surface area contributed by atoms with Gasteiger partial charge in [0.1, 0.15) is 5.75 Å². The van der Waals surface area contributed by atoms with Crippen LogP contribution in [-0.2, 0) is 11.2 Å². The van der Waals surface area contributed by atoms with Crippen LogP contribution in [-0.4, -0.2) is 13.0 Å². The van der Waals surface area contributed by atoms with Crippen LogP contribution in [0.1, 0.15) is 23.6 Å². The SMILES string of the molecule is COc1cccc(CC(C)C(=O)Nc2ccc(C)cc2C)c1. The summed E-state index contributed by atoms with van der Waals surface area (Å²) in [6.07, 6.45) is 0.688.